The standard InChI is InChI=1S/C22H21N5OS/c1-15(2)10-11-26-20(28)18-8-3-4-9-19(18)27-21(26)24-25-22(27)29-14-17-7-5-6-16(12-17)13-23/h3-9,12,15H,10-11,14H2,1-2H3. The number of fused-ring (bicyclic) bond motifs is 3. The molecule has 0 saturated carbocycles. The quantitative estimate of drug-likeness (QED) is 0.450. The summed E-state index contributed by atoms with van der Waals surface area (Å²) in [5.41, 5.74) is 2.47. The van der Waals surface area contributed by atoms with Crippen LogP contribution in [0.2, 0.25) is 0 Å². The van der Waals surface area contributed by atoms with Gasteiger partial charge in [0, 0.05) is 12.3 Å². The van der Waals surface area contributed by atoms with Crippen molar-refractivity contribution in [2.75, 3.05) is 0 Å². The van der Waals surface area contributed by atoms with Gasteiger partial charge in [-0.05, 0) is 42.2 Å². The lowest BCUT2D eigenvalue weighted by Crippen LogP contribution is -2.24. The van der Waals surface area contributed by atoms with Crippen LogP contribution in [0.5, 0.6) is 0 Å². The number of rotatable bonds is 6. The molecule has 7 heteroatoms. The fourth-order valence-electron chi connectivity index (χ4n) is 3.29. The maximum Gasteiger partial charge on any atom is 0.262 e. The number of hydrogen-bond donors (Lipinski definition) is 0. The highest BCUT2D eigenvalue weighted by molar-refractivity contribution is 7.98. The average molecular weight is 404 g/mol. The van der Waals surface area contributed by atoms with Crippen molar-refractivity contribution in [3.05, 3.63) is 70.0 Å². The van der Waals surface area contributed by atoms with Gasteiger partial charge in [-0.1, -0.05) is 49.9 Å². The predicted octanol–water partition coefficient (Wildman–Crippen LogP) is 4.25. The molecule has 2 aromatic carbocycles. The van der Waals surface area contributed by atoms with Crippen LogP contribution < -0.4 is 5.56 Å². The summed E-state index contributed by atoms with van der Waals surface area (Å²) in [6.07, 6.45) is 0.893. The molecule has 0 amide bonds. The molecule has 2 aromatic heterocycles. The summed E-state index contributed by atoms with van der Waals surface area (Å²) in [7, 11) is 0. The van der Waals surface area contributed by atoms with Crippen molar-refractivity contribution in [2.45, 2.75) is 37.7 Å². The van der Waals surface area contributed by atoms with E-state index in [1.807, 2.05) is 46.9 Å². The van der Waals surface area contributed by atoms with Gasteiger partial charge >= 0.3 is 0 Å². The maximum atomic E-state index is 13.1. The number of aryl methyl sites for hydroxylation is 1. The first-order valence-electron chi connectivity index (χ1n) is 9.57. The van der Waals surface area contributed by atoms with Gasteiger partial charge in [-0.15, -0.1) is 10.2 Å². The summed E-state index contributed by atoms with van der Waals surface area (Å²) in [5, 5.41) is 19.2. The molecule has 29 heavy (non-hydrogen) atoms. The molecule has 0 aliphatic carbocycles. The van der Waals surface area contributed by atoms with Crippen LogP contribution in [-0.2, 0) is 12.3 Å². The molecule has 2 heterocycles. The van der Waals surface area contributed by atoms with E-state index in [0.29, 0.717) is 34.9 Å². The Bertz CT molecular complexity index is 1280. The number of thioether (sulfide) groups is 1. The van der Waals surface area contributed by atoms with Gasteiger partial charge in [-0.25, -0.2) is 0 Å². The SMILES string of the molecule is CC(C)CCn1c(=O)c2ccccc2n2c(SCc3cccc(C#N)c3)nnc12. The van der Waals surface area contributed by atoms with Crippen LogP contribution in [0.1, 0.15) is 31.4 Å². The van der Waals surface area contributed by atoms with Crippen molar-refractivity contribution < 1.29 is 0 Å². The number of benzene rings is 2. The maximum absolute atomic E-state index is 13.1. The molecule has 0 N–H and O–H groups in total. The third-order valence-corrected chi connectivity index (χ3v) is 5.83. The average Bonchev–Trinajstić information content (AvgIpc) is 3.16. The first-order chi connectivity index (χ1) is 14.1. The topological polar surface area (TPSA) is 76.0 Å². The Morgan fingerprint density at radius 1 is 1.14 bits per heavy atom. The number of nitrogens with zero attached hydrogens (tertiary/aromatic N) is 5. The molecular formula is C22H21N5OS. The van der Waals surface area contributed by atoms with Crippen molar-refractivity contribution in [2.24, 2.45) is 5.92 Å². The Hall–Kier alpha value is -3.11. The summed E-state index contributed by atoms with van der Waals surface area (Å²) >= 11 is 1.55. The largest absolute Gasteiger partial charge is 0.276 e. The predicted molar refractivity (Wildman–Crippen MR) is 115 cm³/mol. The van der Waals surface area contributed by atoms with Crippen LogP contribution in [0.4, 0.5) is 0 Å². The van der Waals surface area contributed by atoms with Crippen LogP contribution in [-0.4, -0.2) is 19.2 Å². The van der Waals surface area contributed by atoms with E-state index in [1.54, 1.807) is 22.4 Å². The molecule has 4 aromatic rings. The normalized spacial score (nSPS) is 11.4. The zero-order valence-electron chi connectivity index (χ0n) is 16.4. The number of nitriles is 1. The van der Waals surface area contributed by atoms with Crippen molar-refractivity contribution in [3.63, 3.8) is 0 Å². The summed E-state index contributed by atoms with van der Waals surface area (Å²) in [6.45, 7) is 4.89. The minimum atomic E-state index is -0.0283. The van der Waals surface area contributed by atoms with Crippen LogP contribution in [0.25, 0.3) is 16.7 Å². The van der Waals surface area contributed by atoms with Gasteiger partial charge < -0.3 is 0 Å². The van der Waals surface area contributed by atoms with E-state index in [-0.39, 0.29) is 5.56 Å². The minimum Gasteiger partial charge on any atom is -0.276 e. The minimum absolute atomic E-state index is 0.0283. The first-order valence-corrected chi connectivity index (χ1v) is 10.6. The Morgan fingerprint density at radius 3 is 2.76 bits per heavy atom. The molecular weight excluding hydrogens is 382 g/mol. The van der Waals surface area contributed by atoms with Crippen molar-refractivity contribution >= 4 is 28.4 Å². The van der Waals surface area contributed by atoms with Gasteiger partial charge in [0.15, 0.2) is 5.16 Å². The zero-order valence-corrected chi connectivity index (χ0v) is 17.2. The second-order valence-corrected chi connectivity index (χ2v) is 8.32. The molecule has 0 bridgehead atoms. The molecule has 146 valence electrons. The van der Waals surface area contributed by atoms with Crippen LogP contribution in [0.15, 0.2) is 58.5 Å². The molecule has 4 rings (SSSR count). The van der Waals surface area contributed by atoms with Gasteiger partial charge in [0.25, 0.3) is 5.56 Å². The van der Waals surface area contributed by atoms with E-state index < -0.39 is 0 Å². The fraction of sp³-hybridized carbons (Fsp3) is 0.273. The van der Waals surface area contributed by atoms with Gasteiger partial charge in [0.2, 0.25) is 5.78 Å². The van der Waals surface area contributed by atoms with Crippen LogP contribution in [0.3, 0.4) is 0 Å². The van der Waals surface area contributed by atoms with Gasteiger partial charge in [-0.2, -0.15) is 5.26 Å². The third-order valence-electron chi connectivity index (χ3n) is 4.83. The first kappa shape index (κ1) is 19.2. The van der Waals surface area contributed by atoms with Crippen LogP contribution in [0, 0.1) is 17.2 Å². The summed E-state index contributed by atoms with van der Waals surface area (Å²) < 4.78 is 3.70. The smallest absolute Gasteiger partial charge is 0.262 e. The van der Waals surface area contributed by atoms with Crippen LogP contribution >= 0.6 is 11.8 Å². The molecule has 0 atom stereocenters. The molecule has 0 aliphatic rings. The molecule has 0 fully saturated rings. The molecule has 6 nitrogen and oxygen atoms in total. The lowest BCUT2D eigenvalue weighted by atomic mass is 10.1. The molecule has 0 unspecified atom stereocenters. The molecule has 0 spiro atoms. The highest BCUT2D eigenvalue weighted by Gasteiger charge is 2.17. The second kappa shape index (κ2) is 8.10. The van der Waals surface area contributed by atoms with E-state index in [4.69, 9.17) is 5.26 Å². The molecule has 0 radical (unpaired) electrons. The van der Waals surface area contributed by atoms with E-state index in [9.17, 15) is 4.79 Å². The highest BCUT2D eigenvalue weighted by atomic mass is 32.2. The summed E-state index contributed by atoms with van der Waals surface area (Å²) in [5.74, 6) is 1.72. The Balaban J connectivity index is 1.79. The lowest BCUT2D eigenvalue weighted by molar-refractivity contribution is 0.512. The summed E-state index contributed by atoms with van der Waals surface area (Å²) in [6, 6.07) is 17.3. The monoisotopic (exact) mass is 403 g/mol. The third kappa shape index (κ3) is 3.76. The Labute approximate surface area is 172 Å². The van der Waals surface area contributed by atoms with Crippen molar-refractivity contribution in [3.8, 4) is 6.07 Å². The second-order valence-electron chi connectivity index (χ2n) is 7.38. The summed E-state index contributed by atoms with van der Waals surface area (Å²) in [4.78, 5) is 13.1. The van der Waals surface area contributed by atoms with Crippen molar-refractivity contribution in [1.29, 1.82) is 5.26 Å². The number of para-hydroxylation sites is 1. The van der Waals surface area contributed by atoms with E-state index >= 15 is 0 Å². The van der Waals surface area contributed by atoms with Gasteiger partial charge in [0.05, 0.1) is 22.5 Å². The highest BCUT2D eigenvalue weighted by Crippen LogP contribution is 2.25. The van der Waals surface area contributed by atoms with Crippen molar-refractivity contribution in [1.82, 2.24) is 19.2 Å². The number of hydrogen-bond acceptors (Lipinski definition) is 5. The van der Waals surface area contributed by atoms with E-state index in [2.05, 4.69) is 30.1 Å². The van der Waals surface area contributed by atoms with E-state index in [1.165, 1.54) is 0 Å². The van der Waals surface area contributed by atoms with Gasteiger partial charge in [-0.3, -0.25) is 13.8 Å². The molecule has 0 aliphatic heterocycles. The van der Waals surface area contributed by atoms with E-state index in [0.717, 1.165) is 22.7 Å². The Morgan fingerprint density at radius 2 is 1.97 bits per heavy atom. The Kier molecular flexibility index (Phi) is 5.36. The molecule has 0 saturated heterocycles. The zero-order chi connectivity index (χ0) is 20.4. The number of aromatic nitrogens is 4. The van der Waals surface area contributed by atoms with Gasteiger partial charge in [0.1, 0.15) is 0 Å². The fourth-order valence-corrected chi connectivity index (χ4v) is 4.18. The lowest BCUT2D eigenvalue weighted by Gasteiger charge is -2.12.